The van der Waals surface area contributed by atoms with Gasteiger partial charge < -0.3 is 10.6 Å². The van der Waals surface area contributed by atoms with Gasteiger partial charge in [0, 0.05) is 37.7 Å². The summed E-state index contributed by atoms with van der Waals surface area (Å²) < 4.78 is 2.16. The van der Waals surface area contributed by atoms with Gasteiger partial charge in [-0.2, -0.15) is 0 Å². The topological polar surface area (TPSA) is 64.2 Å². The number of piperidine rings is 1. The van der Waals surface area contributed by atoms with E-state index in [0.717, 1.165) is 41.9 Å². The molecule has 4 rings (SSSR count). The summed E-state index contributed by atoms with van der Waals surface area (Å²) in [7, 11) is 0. The first-order chi connectivity index (χ1) is 12.7. The number of aryl methyl sites for hydroxylation is 1. The van der Waals surface area contributed by atoms with E-state index in [-0.39, 0.29) is 11.9 Å². The molecule has 1 unspecified atom stereocenters. The van der Waals surface area contributed by atoms with Crippen molar-refractivity contribution >= 4 is 16.9 Å². The van der Waals surface area contributed by atoms with E-state index >= 15 is 0 Å². The minimum atomic E-state index is 0.113. The summed E-state index contributed by atoms with van der Waals surface area (Å²) in [6, 6.07) is 18.4. The number of likely N-dealkylation sites (tertiary alicyclic amines) is 1. The number of hydrogen-bond acceptors (Lipinski definition) is 3. The molecule has 0 saturated carbocycles. The van der Waals surface area contributed by atoms with Gasteiger partial charge in [-0.05, 0) is 37.1 Å². The lowest BCUT2D eigenvalue weighted by atomic mass is 10.1. The number of rotatable bonds is 4. The van der Waals surface area contributed by atoms with Crippen molar-refractivity contribution in [1.82, 2.24) is 14.5 Å². The molecule has 1 aliphatic rings. The molecule has 0 aliphatic carbocycles. The highest BCUT2D eigenvalue weighted by Gasteiger charge is 2.22. The van der Waals surface area contributed by atoms with Crippen LogP contribution in [-0.2, 0) is 11.2 Å². The van der Waals surface area contributed by atoms with Gasteiger partial charge in [0.05, 0.1) is 11.0 Å². The summed E-state index contributed by atoms with van der Waals surface area (Å²) in [4.78, 5) is 19.3. The molecule has 2 heterocycles. The molecule has 0 radical (unpaired) electrons. The normalized spacial score (nSPS) is 17.6. The molecule has 1 aromatic heterocycles. The number of nitrogens with two attached hydrogens (primary N) is 1. The Hall–Kier alpha value is -2.66. The number of benzene rings is 2. The maximum Gasteiger partial charge on any atom is 0.223 e. The lowest BCUT2D eigenvalue weighted by Gasteiger charge is -2.30. The predicted octanol–water partition coefficient (Wildman–Crippen LogP) is 2.91. The van der Waals surface area contributed by atoms with E-state index < -0.39 is 0 Å². The molecule has 5 nitrogen and oxygen atoms in total. The van der Waals surface area contributed by atoms with Crippen LogP contribution in [0.1, 0.15) is 25.1 Å². The number of hydrogen-bond donors (Lipinski definition) is 1. The fourth-order valence-electron chi connectivity index (χ4n) is 3.72. The third-order valence-electron chi connectivity index (χ3n) is 5.02. The molecule has 3 aromatic rings. The van der Waals surface area contributed by atoms with Gasteiger partial charge in [0.1, 0.15) is 5.82 Å². The van der Waals surface area contributed by atoms with Crippen molar-refractivity contribution in [2.24, 2.45) is 5.73 Å². The number of fused-ring (bicyclic) bond motifs is 1. The van der Waals surface area contributed by atoms with Crippen LogP contribution in [0.25, 0.3) is 16.7 Å². The lowest BCUT2D eigenvalue weighted by molar-refractivity contribution is -0.132. The van der Waals surface area contributed by atoms with Crippen LogP contribution in [0.15, 0.2) is 54.6 Å². The molecule has 134 valence electrons. The van der Waals surface area contributed by atoms with E-state index in [2.05, 4.69) is 22.8 Å². The first-order valence-corrected chi connectivity index (χ1v) is 9.27. The number of imidazole rings is 1. The highest BCUT2D eigenvalue weighted by atomic mass is 16.2. The summed E-state index contributed by atoms with van der Waals surface area (Å²) in [5.41, 5.74) is 9.11. The molecular formula is C21H24N4O. The molecule has 2 aromatic carbocycles. The maximum absolute atomic E-state index is 12.6. The summed E-state index contributed by atoms with van der Waals surface area (Å²) in [6.45, 7) is 1.50. The minimum Gasteiger partial charge on any atom is -0.341 e. The van der Waals surface area contributed by atoms with Gasteiger partial charge in [-0.15, -0.1) is 0 Å². The average molecular weight is 348 g/mol. The quantitative estimate of drug-likeness (QED) is 0.788. The predicted molar refractivity (Wildman–Crippen MR) is 103 cm³/mol. The second-order valence-corrected chi connectivity index (χ2v) is 6.93. The molecule has 2 N–H and O–H groups in total. The van der Waals surface area contributed by atoms with Crippen LogP contribution in [0.5, 0.6) is 0 Å². The van der Waals surface area contributed by atoms with E-state index in [1.165, 1.54) is 0 Å². The van der Waals surface area contributed by atoms with Crippen LogP contribution in [0.3, 0.4) is 0 Å². The van der Waals surface area contributed by atoms with Gasteiger partial charge in [0.15, 0.2) is 0 Å². The first-order valence-electron chi connectivity index (χ1n) is 9.27. The fraction of sp³-hybridized carbons (Fsp3) is 0.333. The van der Waals surface area contributed by atoms with Crippen LogP contribution in [0, 0.1) is 0 Å². The van der Waals surface area contributed by atoms with E-state index in [1.54, 1.807) is 0 Å². The summed E-state index contributed by atoms with van der Waals surface area (Å²) in [5, 5.41) is 0. The van der Waals surface area contributed by atoms with E-state index in [1.807, 2.05) is 41.3 Å². The Bertz CT molecular complexity index is 903. The number of nitrogens with zero attached hydrogens (tertiary/aromatic N) is 3. The zero-order chi connectivity index (χ0) is 17.9. The molecule has 5 heteroatoms. The second-order valence-electron chi connectivity index (χ2n) is 6.93. The Morgan fingerprint density at radius 3 is 2.69 bits per heavy atom. The fourth-order valence-corrected chi connectivity index (χ4v) is 3.72. The molecule has 26 heavy (non-hydrogen) atoms. The number of amides is 1. The van der Waals surface area contributed by atoms with E-state index in [0.29, 0.717) is 19.4 Å². The summed E-state index contributed by atoms with van der Waals surface area (Å²) >= 11 is 0. The van der Waals surface area contributed by atoms with Gasteiger partial charge in [-0.3, -0.25) is 9.36 Å². The lowest BCUT2D eigenvalue weighted by Crippen LogP contribution is -2.45. The van der Waals surface area contributed by atoms with Gasteiger partial charge in [0.2, 0.25) is 5.91 Å². The first kappa shape index (κ1) is 16.8. The smallest absolute Gasteiger partial charge is 0.223 e. The molecule has 0 bridgehead atoms. The molecule has 1 atom stereocenters. The van der Waals surface area contributed by atoms with Gasteiger partial charge in [0.25, 0.3) is 0 Å². The Kier molecular flexibility index (Phi) is 4.71. The van der Waals surface area contributed by atoms with Crippen LogP contribution in [-0.4, -0.2) is 39.5 Å². The van der Waals surface area contributed by atoms with Crippen molar-refractivity contribution in [3.05, 3.63) is 60.4 Å². The van der Waals surface area contributed by atoms with Gasteiger partial charge in [-0.25, -0.2) is 4.98 Å². The molecular weight excluding hydrogens is 324 g/mol. The summed E-state index contributed by atoms with van der Waals surface area (Å²) in [6.07, 6.45) is 3.08. The van der Waals surface area contributed by atoms with Gasteiger partial charge in [-0.1, -0.05) is 30.3 Å². The Morgan fingerprint density at radius 1 is 1.12 bits per heavy atom. The molecule has 1 saturated heterocycles. The van der Waals surface area contributed by atoms with E-state index in [4.69, 9.17) is 10.7 Å². The minimum absolute atomic E-state index is 0.113. The number of para-hydroxylation sites is 3. The number of aromatic nitrogens is 2. The zero-order valence-corrected chi connectivity index (χ0v) is 14.8. The van der Waals surface area contributed by atoms with Crippen molar-refractivity contribution in [1.29, 1.82) is 0 Å². The third kappa shape index (κ3) is 3.35. The zero-order valence-electron chi connectivity index (χ0n) is 14.8. The average Bonchev–Trinajstić information content (AvgIpc) is 3.05. The molecule has 1 fully saturated rings. The molecule has 1 amide bonds. The highest BCUT2D eigenvalue weighted by Crippen LogP contribution is 2.22. The van der Waals surface area contributed by atoms with Crippen molar-refractivity contribution in [2.75, 3.05) is 13.1 Å². The van der Waals surface area contributed by atoms with Crippen molar-refractivity contribution in [3.63, 3.8) is 0 Å². The second kappa shape index (κ2) is 7.30. The maximum atomic E-state index is 12.6. The Balaban J connectivity index is 1.59. The molecule has 0 spiro atoms. The number of carbonyl (C=O) groups excluding carboxylic acids is 1. The Labute approximate surface area is 153 Å². The standard InChI is InChI=1S/C21H24N4O/c22-16-7-6-14-24(15-16)21(26)13-12-20-23-18-10-4-5-11-19(18)25(20)17-8-2-1-3-9-17/h1-5,8-11,16H,6-7,12-15,22H2. The van der Waals surface area contributed by atoms with Crippen LogP contribution in [0.4, 0.5) is 0 Å². The van der Waals surface area contributed by atoms with Crippen molar-refractivity contribution in [2.45, 2.75) is 31.7 Å². The Morgan fingerprint density at radius 2 is 1.88 bits per heavy atom. The van der Waals surface area contributed by atoms with Crippen LogP contribution < -0.4 is 5.73 Å². The number of carbonyl (C=O) groups is 1. The van der Waals surface area contributed by atoms with Crippen LogP contribution in [0.2, 0.25) is 0 Å². The van der Waals surface area contributed by atoms with Crippen molar-refractivity contribution in [3.8, 4) is 5.69 Å². The van der Waals surface area contributed by atoms with Crippen LogP contribution >= 0.6 is 0 Å². The van der Waals surface area contributed by atoms with Crippen molar-refractivity contribution < 1.29 is 4.79 Å². The van der Waals surface area contributed by atoms with E-state index in [9.17, 15) is 4.79 Å². The third-order valence-corrected chi connectivity index (χ3v) is 5.02. The molecule has 1 aliphatic heterocycles. The van der Waals surface area contributed by atoms with Gasteiger partial charge >= 0.3 is 0 Å². The SMILES string of the molecule is NC1CCCN(C(=O)CCc2nc3ccccc3n2-c2ccccc2)C1. The monoisotopic (exact) mass is 348 g/mol. The largest absolute Gasteiger partial charge is 0.341 e. The highest BCUT2D eigenvalue weighted by molar-refractivity contribution is 5.79. The summed E-state index contributed by atoms with van der Waals surface area (Å²) in [5.74, 6) is 1.10.